The van der Waals surface area contributed by atoms with Crippen LogP contribution in [0.4, 0.5) is 0 Å². The van der Waals surface area contributed by atoms with Crippen molar-refractivity contribution in [2.75, 3.05) is 0 Å². The maximum absolute atomic E-state index is 5.94. The van der Waals surface area contributed by atoms with E-state index in [1.807, 2.05) is 22.2 Å². The molecule has 0 saturated carbocycles. The second-order valence-electron chi connectivity index (χ2n) is 4.59. The summed E-state index contributed by atoms with van der Waals surface area (Å²) < 4.78 is 2.65. The average Bonchev–Trinajstić information content (AvgIpc) is 2.90. The Balaban J connectivity index is 1.95. The van der Waals surface area contributed by atoms with E-state index in [4.69, 9.17) is 11.6 Å². The first kappa shape index (κ1) is 12.1. The van der Waals surface area contributed by atoms with E-state index in [1.54, 1.807) is 11.3 Å². The number of hydrogen-bond acceptors (Lipinski definition) is 4. The van der Waals surface area contributed by atoms with Gasteiger partial charge in [-0.1, -0.05) is 36.8 Å². The summed E-state index contributed by atoms with van der Waals surface area (Å²) in [5.41, 5.74) is 2.00. The molecule has 0 aromatic carbocycles. The minimum Gasteiger partial charge on any atom is -0.217 e. The standard InChI is InChI=1S/C12H12ClN3S2/c1-7(2)3-11-15-16-5-9(14-12(16)18-11)8-4-10(13)17-6-8/h4-7H,3H2,1-2H3. The molecule has 0 aliphatic carbocycles. The number of thiophene rings is 1. The van der Waals surface area contributed by atoms with Crippen LogP contribution in [-0.2, 0) is 6.42 Å². The Labute approximate surface area is 118 Å². The van der Waals surface area contributed by atoms with E-state index in [2.05, 4.69) is 23.9 Å². The van der Waals surface area contributed by atoms with Gasteiger partial charge >= 0.3 is 0 Å². The van der Waals surface area contributed by atoms with Crippen LogP contribution in [0.1, 0.15) is 18.9 Å². The summed E-state index contributed by atoms with van der Waals surface area (Å²) in [7, 11) is 0. The minimum absolute atomic E-state index is 0.621. The SMILES string of the molecule is CC(C)Cc1nn2cc(-c3csc(Cl)c3)nc2s1. The summed E-state index contributed by atoms with van der Waals surface area (Å²) in [5.74, 6) is 0.621. The lowest BCUT2D eigenvalue weighted by Crippen LogP contribution is -1.94. The predicted octanol–water partition coefficient (Wildman–Crippen LogP) is 4.37. The largest absolute Gasteiger partial charge is 0.217 e. The van der Waals surface area contributed by atoms with E-state index in [0.717, 1.165) is 32.0 Å². The molecule has 0 aliphatic heterocycles. The summed E-state index contributed by atoms with van der Waals surface area (Å²) in [4.78, 5) is 5.54. The Morgan fingerprint density at radius 3 is 2.89 bits per heavy atom. The van der Waals surface area contributed by atoms with Crippen LogP contribution < -0.4 is 0 Å². The highest BCUT2D eigenvalue weighted by atomic mass is 35.5. The van der Waals surface area contributed by atoms with Crippen molar-refractivity contribution in [2.45, 2.75) is 20.3 Å². The highest BCUT2D eigenvalue weighted by Gasteiger charge is 2.11. The van der Waals surface area contributed by atoms with Gasteiger partial charge in [0.2, 0.25) is 4.96 Å². The Morgan fingerprint density at radius 2 is 2.28 bits per heavy atom. The molecular formula is C12H12ClN3S2. The average molecular weight is 298 g/mol. The van der Waals surface area contributed by atoms with Gasteiger partial charge in [-0.25, -0.2) is 9.50 Å². The molecule has 0 unspecified atom stereocenters. The summed E-state index contributed by atoms with van der Waals surface area (Å²) in [6, 6.07) is 1.94. The zero-order chi connectivity index (χ0) is 12.7. The first-order valence-corrected chi connectivity index (χ1v) is 7.78. The van der Waals surface area contributed by atoms with Crippen molar-refractivity contribution in [2.24, 2.45) is 5.92 Å². The third-order valence-corrected chi connectivity index (χ3v) is 4.57. The smallest absolute Gasteiger partial charge is 0.212 e. The zero-order valence-corrected chi connectivity index (χ0v) is 12.4. The van der Waals surface area contributed by atoms with Gasteiger partial charge in [0.25, 0.3) is 0 Å². The first-order valence-electron chi connectivity index (χ1n) is 5.71. The molecule has 3 rings (SSSR count). The molecule has 18 heavy (non-hydrogen) atoms. The number of aromatic nitrogens is 3. The van der Waals surface area contributed by atoms with Crippen molar-refractivity contribution in [3.63, 3.8) is 0 Å². The van der Waals surface area contributed by atoms with Gasteiger partial charge in [0.05, 0.1) is 16.2 Å². The van der Waals surface area contributed by atoms with Gasteiger partial charge in [-0.05, 0) is 12.0 Å². The molecule has 3 aromatic rings. The summed E-state index contributed by atoms with van der Waals surface area (Å²) in [6.45, 7) is 4.39. The van der Waals surface area contributed by atoms with E-state index < -0.39 is 0 Å². The maximum atomic E-state index is 5.94. The Morgan fingerprint density at radius 1 is 1.44 bits per heavy atom. The van der Waals surface area contributed by atoms with E-state index >= 15 is 0 Å². The Kier molecular flexibility index (Phi) is 3.13. The Hall–Kier alpha value is -0.910. The monoisotopic (exact) mass is 297 g/mol. The van der Waals surface area contributed by atoms with Gasteiger partial charge in [-0.3, -0.25) is 0 Å². The third-order valence-electron chi connectivity index (χ3n) is 2.53. The summed E-state index contributed by atoms with van der Waals surface area (Å²) >= 11 is 9.12. The summed E-state index contributed by atoms with van der Waals surface area (Å²) in [6.07, 6.45) is 2.97. The predicted molar refractivity (Wildman–Crippen MR) is 77.7 cm³/mol. The molecule has 0 atom stereocenters. The molecule has 3 heterocycles. The number of imidazole rings is 1. The van der Waals surface area contributed by atoms with Crippen LogP contribution in [0.3, 0.4) is 0 Å². The van der Waals surface area contributed by atoms with Crippen LogP contribution in [0.15, 0.2) is 17.6 Å². The second-order valence-corrected chi connectivity index (χ2v) is 7.17. The number of nitrogens with zero attached hydrogens (tertiary/aromatic N) is 3. The minimum atomic E-state index is 0.621. The summed E-state index contributed by atoms with van der Waals surface area (Å²) in [5, 5.41) is 7.71. The number of fused-ring (bicyclic) bond motifs is 1. The molecule has 0 saturated heterocycles. The lowest BCUT2D eigenvalue weighted by atomic mass is 10.1. The molecule has 0 amide bonds. The van der Waals surface area contributed by atoms with Crippen LogP contribution in [0.25, 0.3) is 16.2 Å². The number of halogens is 1. The first-order chi connectivity index (χ1) is 8.61. The molecule has 3 nitrogen and oxygen atoms in total. The van der Waals surface area contributed by atoms with Crippen LogP contribution >= 0.6 is 34.3 Å². The fourth-order valence-electron chi connectivity index (χ4n) is 1.76. The molecule has 0 N–H and O–H groups in total. The van der Waals surface area contributed by atoms with E-state index in [1.165, 1.54) is 11.3 Å². The van der Waals surface area contributed by atoms with Gasteiger partial charge in [0.15, 0.2) is 0 Å². The Bertz CT molecular complexity index is 649. The lowest BCUT2D eigenvalue weighted by molar-refractivity contribution is 0.637. The van der Waals surface area contributed by atoms with Crippen LogP contribution in [0.2, 0.25) is 4.34 Å². The van der Waals surface area contributed by atoms with Gasteiger partial charge in [0.1, 0.15) is 5.01 Å². The van der Waals surface area contributed by atoms with E-state index in [0.29, 0.717) is 5.92 Å². The second kappa shape index (κ2) is 4.64. The topological polar surface area (TPSA) is 30.2 Å². The van der Waals surface area contributed by atoms with Gasteiger partial charge < -0.3 is 0 Å². The van der Waals surface area contributed by atoms with E-state index in [9.17, 15) is 0 Å². The molecule has 3 aromatic heterocycles. The van der Waals surface area contributed by atoms with Crippen molar-refractivity contribution in [3.8, 4) is 11.3 Å². The maximum Gasteiger partial charge on any atom is 0.212 e. The van der Waals surface area contributed by atoms with Crippen molar-refractivity contribution in [1.29, 1.82) is 0 Å². The van der Waals surface area contributed by atoms with E-state index in [-0.39, 0.29) is 0 Å². The molecular weight excluding hydrogens is 286 g/mol. The van der Waals surface area contributed by atoms with Crippen molar-refractivity contribution < 1.29 is 0 Å². The van der Waals surface area contributed by atoms with Crippen LogP contribution in [-0.4, -0.2) is 14.6 Å². The van der Waals surface area contributed by atoms with Crippen molar-refractivity contribution in [3.05, 3.63) is 27.0 Å². The van der Waals surface area contributed by atoms with Gasteiger partial charge in [-0.2, -0.15) is 5.10 Å². The fraction of sp³-hybridized carbons (Fsp3) is 0.333. The fourth-order valence-corrected chi connectivity index (χ4v) is 3.72. The number of rotatable bonds is 3. The highest BCUT2D eigenvalue weighted by molar-refractivity contribution is 7.16. The van der Waals surface area contributed by atoms with Gasteiger partial charge in [0, 0.05) is 17.4 Å². The molecule has 0 aliphatic rings. The molecule has 0 radical (unpaired) electrons. The highest BCUT2D eigenvalue weighted by Crippen LogP contribution is 2.29. The van der Waals surface area contributed by atoms with Gasteiger partial charge in [-0.15, -0.1) is 11.3 Å². The van der Waals surface area contributed by atoms with Crippen molar-refractivity contribution in [1.82, 2.24) is 14.6 Å². The lowest BCUT2D eigenvalue weighted by Gasteiger charge is -1.97. The van der Waals surface area contributed by atoms with Crippen LogP contribution in [0, 0.1) is 5.92 Å². The third kappa shape index (κ3) is 2.30. The molecule has 0 fully saturated rings. The normalized spacial score (nSPS) is 11.8. The number of hydrogen-bond donors (Lipinski definition) is 0. The van der Waals surface area contributed by atoms with Crippen molar-refractivity contribution >= 4 is 39.2 Å². The molecule has 94 valence electrons. The molecule has 6 heteroatoms. The molecule has 0 bridgehead atoms. The zero-order valence-electron chi connectivity index (χ0n) is 10.1. The molecule has 0 spiro atoms. The van der Waals surface area contributed by atoms with Crippen LogP contribution in [0.5, 0.6) is 0 Å². The quantitative estimate of drug-likeness (QED) is 0.718.